The number of nitrogens with zero attached hydrogens (tertiary/aromatic N) is 1. The fraction of sp³-hybridized carbons (Fsp3) is 0.280. The second-order valence-electron chi connectivity index (χ2n) is 7.66. The Balaban J connectivity index is 1.79. The van der Waals surface area contributed by atoms with Crippen molar-refractivity contribution in [3.8, 4) is 0 Å². The van der Waals surface area contributed by atoms with Gasteiger partial charge in [-0.2, -0.15) is 0 Å². The van der Waals surface area contributed by atoms with Gasteiger partial charge in [0.05, 0.1) is 0 Å². The van der Waals surface area contributed by atoms with Crippen molar-refractivity contribution in [3.63, 3.8) is 0 Å². The van der Waals surface area contributed by atoms with Crippen molar-refractivity contribution in [1.29, 1.82) is 0 Å². The van der Waals surface area contributed by atoms with Gasteiger partial charge in [0.25, 0.3) is 0 Å². The predicted octanol–water partition coefficient (Wildman–Crippen LogP) is 6.44. The van der Waals surface area contributed by atoms with Crippen LogP contribution in [0.4, 0.5) is 17.1 Å². The van der Waals surface area contributed by atoms with Gasteiger partial charge in [-0.3, -0.25) is 0 Å². The van der Waals surface area contributed by atoms with E-state index < -0.39 is 0 Å². The van der Waals surface area contributed by atoms with Gasteiger partial charge in [-0.1, -0.05) is 42.5 Å². The molecule has 26 heavy (non-hydrogen) atoms. The van der Waals surface area contributed by atoms with Crippen LogP contribution in [0.2, 0.25) is 0 Å². The van der Waals surface area contributed by atoms with E-state index in [-0.39, 0.29) is 0 Å². The van der Waals surface area contributed by atoms with Crippen LogP contribution in [0.1, 0.15) is 40.7 Å². The lowest BCUT2D eigenvalue weighted by Gasteiger charge is -2.32. The molecule has 1 aliphatic heterocycles. The van der Waals surface area contributed by atoms with Crippen LogP contribution in [0.25, 0.3) is 0 Å². The molecule has 1 nitrogen and oxygen atoms in total. The van der Waals surface area contributed by atoms with Gasteiger partial charge >= 0.3 is 0 Å². The Hall–Kier alpha value is -2.54. The van der Waals surface area contributed by atoms with Crippen LogP contribution in [0.5, 0.6) is 0 Å². The highest BCUT2D eigenvalue weighted by molar-refractivity contribution is 5.83. The van der Waals surface area contributed by atoms with E-state index in [1.165, 1.54) is 59.4 Å². The number of fused-ring (bicyclic) bond motifs is 3. The third-order valence-electron chi connectivity index (χ3n) is 6.11. The van der Waals surface area contributed by atoms with E-state index in [2.05, 4.69) is 72.5 Å². The quantitative estimate of drug-likeness (QED) is 0.493. The molecule has 0 spiro atoms. The standard InChI is InChI=1S/C25H25N/c1-18-14-17-25(22-11-5-4-10-21(18)22)26-23-12-6-2-8-19(23)15-16-20-9-3-7-13-24(20)26/h2-3,6-9,12-14,17H,4-5,10-11,15-16H2,1H3. The van der Waals surface area contributed by atoms with E-state index in [9.17, 15) is 0 Å². The maximum Gasteiger partial charge on any atom is 0.0496 e. The maximum absolute atomic E-state index is 2.54. The summed E-state index contributed by atoms with van der Waals surface area (Å²) in [5.74, 6) is 0. The molecule has 0 atom stereocenters. The van der Waals surface area contributed by atoms with Crippen molar-refractivity contribution in [2.45, 2.75) is 45.4 Å². The largest absolute Gasteiger partial charge is 0.310 e. The Morgan fingerprint density at radius 2 is 1.15 bits per heavy atom. The zero-order valence-electron chi connectivity index (χ0n) is 15.5. The van der Waals surface area contributed by atoms with Crippen LogP contribution >= 0.6 is 0 Å². The Morgan fingerprint density at radius 1 is 0.577 bits per heavy atom. The smallest absolute Gasteiger partial charge is 0.0496 e. The van der Waals surface area contributed by atoms with Crippen molar-refractivity contribution in [1.82, 2.24) is 0 Å². The minimum atomic E-state index is 1.11. The molecule has 0 bridgehead atoms. The van der Waals surface area contributed by atoms with Crippen LogP contribution in [0, 0.1) is 6.92 Å². The van der Waals surface area contributed by atoms with Crippen molar-refractivity contribution in [3.05, 3.63) is 88.5 Å². The Kier molecular flexibility index (Phi) is 3.81. The molecule has 0 N–H and O–H groups in total. The molecule has 0 amide bonds. The molecule has 0 unspecified atom stereocenters. The molecule has 2 aliphatic rings. The third-order valence-corrected chi connectivity index (χ3v) is 6.11. The lowest BCUT2D eigenvalue weighted by molar-refractivity contribution is 0.682. The molecule has 1 heterocycles. The first-order valence-electron chi connectivity index (χ1n) is 9.90. The molecule has 0 fully saturated rings. The van der Waals surface area contributed by atoms with Gasteiger partial charge in [0, 0.05) is 17.1 Å². The lowest BCUT2D eigenvalue weighted by atomic mass is 9.87. The summed E-state index contributed by atoms with van der Waals surface area (Å²) in [4.78, 5) is 2.54. The highest BCUT2D eigenvalue weighted by atomic mass is 15.2. The molecule has 0 aromatic heterocycles. The van der Waals surface area contributed by atoms with Gasteiger partial charge in [0.2, 0.25) is 0 Å². The molecule has 3 aromatic carbocycles. The van der Waals surface area contributed by atoms with Gasteiger partial charge in [-0.05, 0) is 91.5 Å². The highest BCUT2D eigenvalue weighted by Crippen LogP contribution is 2.45. The lowest BCUT2D eigenvalue weighted by Crippen LogP contribution is -2.17. The van der Waals surface area contributed by atoms with Crippen molar-refractivity contribution in [2.75, 3.05) is 4.90 Å². The van der Waals surface area contributed by atoms with Crippen LogP contribution in [0.3, 0.4) is 0 Å². The summed E-state index contributed by atoms with van der Waals surface area (Å²) in [7, 11) is 0. The molecule has 1 heteroatoms. The number of hydrogen-bond acceptors (Lipinski definition) is 1. The van der Waals surface area contributed by atoms with E-state index in [1.54, 1.807) is 11.1 Å². The zero-order chi connectivity index (χ0) is 17.5. The Bertz CT molecular complexity index is 922. The van der Waals surface area contributed by atoms with Crippen LogP contribution in [-0.4, -0.2) is 0 Å². The monoisotopic (exact) mass is 339 g/mol. The third kappa shape index (κ3) is 2.46. The van der Waals surface area contributed by atoms with E-state index >= 15 is 0 Å². The van der Waals surface area contributed by atoms with Crippen molar-refractivity contribution >= 4 is 17.1 Å². The average Bonchev–Trinajstić information content (AvgIpc) is 2.86. The number of benzene rings is 3. The summed E-state index contributed by atoms with van der Waals surface area (Å²) in [6.45, 7) is 2.28. The van der Waals surface area contributed by atoms with E-state index in [0.29, 0.717) is 0 Å². The summed E-state index contributed by atoms with van der Waals surface area (Å²) in [6.07, 6.45) is 7.28. The molecule has 0 radical (unpaired) electrons. The molecule has 1 aliphatic carbocycles. The fourth-order valence-electron chi connectivity index (χ4n) is 4.78. The first kappa shape index (κ1) is 15.7. The summed E-state index contributed by atoms with van der Waals surface area (Å²) >= 11 is 0. The Labute approximate surface area is 156 Å². The number of anilines is 3. The zero-order valence-corrected chi connectivity index (χ0v) is 15.5. The van der Waals surface area contributed by atoms with Crippen LogP contribution in [0.15, 0.2) is 60.7 Å². The Morgan fingerprint density at radius 3 is 1.81 bits per heavy atom. The van der Waals surface area contributed by atoms with Crippen molar-refractivity contribution < 1.29 is 0 Å². The summed E-state index contributed by atoms with van der Waals surface area (Å²) in [5, 5.41) is 0. The normalized spacial score (nSPS) is 15.7. The molecule has 3 aromatic rings. The predicted molar refractivity (Wildman–Crippen MR) is 110 cm³/mol. The average molecular weight is 339 g/mol. The van der Waals surface area contributed by atoms with Gasteiger partial charge < -0.3 is 4.90 Å². The van der Waals surface area contributed by atoms with Gasteiger partial charge in [-0.15, -0.1) is 0 Å². The van der Waals surface area contributed by atoms with Crippen LogP contribution in [-0.2, 0) is 25.7 Å². The summed E-state index contributed by atoms with van der Waals surface area (Å²) in [6, 6.07) is 22.6. The number of para-hydroxylation sites is 2. The number of aryl methyl sites for hydroxylation is 3. The molecule has 130 valence electrons. The van der Waals surface area contributed by atoms with Gasteiger partial charge in [0.1, 0.15) is 0 Å². The topological polar surface area (TPSA) is 3.24 Å². The molecule has 0 saturated heterocycles. The second-order valence-corrected chi connectivity index (χ2v) is 7.66. The van der Waals surface area contributed by atoms with Crippen LogP contribution < -0.4 is 4.90 Å². The van der Waals surface area contributed by atoms with E-state index in [0.717, 1.165) is 12.8 Å². The summed E-state index contributed by atoms with van der Waals surface area (Å²) < 4.78 is 0. The van der Waals surface area contributed by atoms with Gasteiger partial charge in [-0.25, -0.2) is 0 Å². The van der Waals surface area contributed by atoms with E-state index in [1.807, 2.05) is 0 Å². The number of rotatable bonds is 1. The number of hydrogen-bond donors (Lipinski definition) is 0. The van der Waals surface area contributed by atoms with Crippen molar-refractivity contribution in [2.24, 2.45) is 0 Å². The maximum atomic E-state index is 2.54. The second kappa shape index (κ2) is 6.32. The fourth-order valence-corrected chi connectivity index (χ4v) is 4.78. The molecule has 5 rings (SSSR count). The minimum absolute atomic E-state index is 1.11. The summed E-state index contributed by atoms with van der Waals surface area (Å²) in [5.41, 5.74) is 11.6. The molecular formula is C25H25N. The minimum Gasteiger partial charge on any atom is -0.310 e. The highest BCUT2D eigenvalue weighted by Gasteiger charge is 2.25. The first-order chi connectivity index (χ1) is 12.8. The molecular weight excluding hydrogens is 314 g/mol. The molecule has 0 saturated carbocycles. The first-order valence-corrected chi connectivity index (χ1v) is 9.90. The van der Waals surface area contributed by atoms with Gasteiger partial charge in [0.15, 0.2) is 0 Å². The van der Waals surface area contributed by atoms with E-state index in [4.69, 9.17) is 0 Å². The SMILES string of the molecule is Cc1ccc(N2c3ccccc3CCc3ccccc32)c2c1CCCC2.